The summed E-state index contributed by atoms with van der Waals surface area (Å²) >= 11 is 0. The normalized spacial score (nSPS) is 23.6. The van der Waals surface area contributed by atoms with Gasteiger partial charge in [0.05, 0.1) is 5.60 Å². The summed E-state index contributed by atoms with van der Waals surface area (Å²) in [7, 11) is 0. The summed E-state index contributed by atoms with van der Waals surface area (Å²) in [6.07, 6.45) is 3.68. The second-order valence-corrected chi connectivity index (χ2v) is 3.08. The van der Waals surface area contributed by atoms with E-state index >= 15 is 0 Å². The van der Waals surface area contributed by atoms with E-state index in [0.29, 0.717) is 0 Å². The molecule has 0 aromatic carbocycles. The Bertz CT molecular complexity index is 119. The van der Waals surface area contributed by atoms with E-state index in [2.05, 4.69) is 13.5 Å². The first kappa shape index (κ1) is 6.81. The molecule has 1 aliphatic carbocycles. The second-order valence-electron chi connectivity index (χ2n) is 3.08. The Labute approximate surface area is 56.4 Å². The second kappa shape index (κ2) is 2.14. The first-order chi connectivity index (χ1) is 4.16. The van der Waals surface area contributed by atoms with Gasteiger partial charge in [0.2, 0.25) is 0 Å². The van der Waals surface area contributed by atoms with Gasteiger partial charge in [-0.1, -0.05) is 25.5 Å². The summed E-state index contributed by atoms with van der Waals surface area (Å²) in [5.41, 5.74) is 0.845. The number of rotatable bonds is 2. The summed E-state index contributed by atoms with van der Waals surface area (Å²) < 4.78 is 0. The highest BCUT2D eigenvalue weighted by atomic mass is 16.3. The zero-order valence-electron chi connectivity index (χ0n) is 5.98. The van der Waals surface area contributed by atoms with Gasteiger partial charge in [0.25, 0.3) is 0 Å². The Morgan fingerprint density at radius 3 is 2.56 bits per heavy atom. The minimum absolute atomic E-state index is 0.355. The van der Waals surface area contributed by atoms with Crippen molar-refractivity contribution in [3.63, 3.8) is 0 Å². The molecule has 0 aromatic rings. The molecule has 0 saturated heterocycles. The van der Waals surface area contributed by atoms with Gasteiger partial charge in [0, 0.05) is 0 Å². The van der Waals surface area contributed by atoms with Gasteiger partial charge in [0.15, 0.2) is 0 Å². The van der Waals surface area contributed by atoms with Crippen LogP contribution in [0.5, 0.6) is 0 Å². The lowest BCUT2D eigenvalue weighted by atomic mass is 9.74. The van der Waals surface area contributed by atoms with E-state index in [1.54, 1.807) is 0 Å². The van der Waals surface area contributed by atoms with E-state index in [1.165, 1.54) is 5.57 Å². The van der Waals surface area contributed by atoms with Crippen LogP contribution >= 0.6 is 0 Å². The van der Waals surface area contributed by atoms with Crippen molar-refractivity contribution >= 4 is 0 Å². The first-order valence-corrected chi connectivity index (χ1v) is 3.55. The predicted molar refractivity (Wildman–Crippen MR) is 38.2 cm³/mol. The molecule has 1 heteroatoms. The lowest BCUT2D eigenvalue weighted by molar-refractivity contribution is -0.00543. The molecule has 52 valence electrons. The molecule has 1 saturated carbocycles. The molecule has 0 unspecified atom stereocenters. The van der Waals surface area contributed by atoms with Crippen LogP contribution < -0.4 is 0 Å². The van der Waals surface area contributed by atoms with E-state index in [4.69, 9.17) is 0 Å². The average Bonchev–Trinajstić information content (AvgIpc) is 1.62. The summed E-state index contributed by atoms with van der Waals surface area (Å²) in [5.74, 6) is 0. The molecule has 0 aliphatic heterocycles. The van der Waals surface area contributed by atoms with Crippen molar-refractivity contribution < 1.29 is 5.11 Å². The number of hydrogen-bond acceptors (Lipinski definition) is 1. The molecule has 1 rings (SSSR count). The zero-order chi connectivity index (χ0) is 6.91. The zero-order valence-corrected chi connectivity index (χ0v) is 5.98. The molecular weight excluding hydrogens is 112 g/mol. The third-order valence-electron chi connectivity index (χ3n) is 1.87. The molecule has 1 fully saturated rings. The van der Waals surface area contributed by atoms with Crippen LogP contribution in [0.15, 0.2) is 12.2 Å². The Morgan fingerprint density at radius 2 is 2.22 bits per heavy atom. The monoisotopic (exact) mass is 126 g/mol. The maximum atomic E-state index is 9.52. The highest BCUT2D eigenvalue weighted by Crippen LogP contribution is 2.38. The fraction of sp³-hybridized carbons (Fsp3) is 0.750. The van der Waals surface area contributed by atoms with Gasteiger partial charge in [-0.3, -0.25) is 0 Å². The van der Waals surface area contributed by atoms with Crippen molar-refractivity contribution in [1.29, 1.82) is 0 Å². The molecule has 0 spiro atoms. The van der Waals surface area contributed by atoms with Gasteiger partial charge in [-0.2, -0.15) is 0 Å². The molecule has 0 heterocycles. The van der Waals surface area contributed by atoms with Crippen LogP contribution in [0.2, 0.25) is 0 Å². The fourth-order valence-corrected chi connectivity index (χ4v) is 1.52. The molecule has 0 amide bonds. The van der Waals surface area contributed by atoms with Crippen molar-refractivity contribution in [3.8, 4) is 0 Å². The smallest absolute Gasteiger partial charge is 0.0721 e. The Kier molecular flexibility index (Phi) is 1.62. The van der Waals surface area contributed by atoms with E-state index in [-0.39, 0.29) is 5.60 Å². The Balaban J connectivity index is 2.31. The quantitative estimate of drug-likeness (QED) is 0.560. The third-order valence-corrected chi connectivity index (χ3v) is 1.87. The van der Waals surface area contributed by atoms with Crippen LogP contribution in [-0.4, -0.2) is 10.7 Å². The third kappa shape index (κ3) is 1.33. The Hall–Kier alpha value is -0.300. The van der Waals surface area contributed by atoms with Crippen molar-refractivity contribution in [2.24, 2.45) is 0 Å². The highest BCUT2D eigenvalue weighted by Gasteiger charge is 2.35. The van der Waals surface area contributed by atoms with Crippen molar-refractivity contribution in [1.82, 2.24) is 0 Å². The largest absolute Gasteiger partial charge is 0.389 e. The Morgan fingerprint density at radius 1 is 1.67 bits per heavy atom. The van der Waals surface area contributed by atoms with E-state index in [9.17, 15) is 5.11 Å². The molecule has 0 aromatic heterocycles. The standard InChI is InChI=1S/C8H14O/c1-3-4-8(9)5-7(2)6-8/h9H,2-6H2,1H3. The number of aliphatic hydroxyl groups is 1. The molecule has 9 heavy (non-hydrogen) atoms. The van der Waals surface area contributed by atoms with Gasteiger partial charge < -0.3 is 5.11 Å². The van der Waals surface area contributed by atoms with Crippen LogP contribution in [0.3, 0.4) is 0 Å². The lowest BCUT2D eigenvalue weighted by Crippen LogP contribution is -2.37. The van der Waals surface area contributed by atoms with Crippen LogP contribution in [0, 0.1) is 0 Å². The molecule has 1 N–H and O–H groups in total. The fourth-order valence-electron chi connectivity index (χ4n) is 1.52. The van der Waals surface area contributed by atoms with Gasteiger partial charge >= 0.3 is 0 Å². The van der Waals surface area contributed by atoms with E-state index in [0.717, 1.165) is 25.7 Å². The summed E-state index contributed by atoms with van der Waals surface area (Å²) in [5, 5.41) is 9.52. The van der Waals surface area contributed by atoms with Crippen LogP contribution in [-0.2, 0) is 0 Å². The lowest BCUT2D eigenvalue weighted by Gasteiger charge is -2.38. The van der Waals surface area contributed by atoms with Crippen molar-refractivity contribution in [3.05, 3.63) is 12.2 Å². The van der Waals surface area contributed by atoms with Gasteiger partial charge in [-0.05, 0) is 19.3 Å². The average molecular weight is 126 g/mol. The minimum Gasteiger partial charge on any atom is -0.389 e. The molecule has 0 atom stereocenters. The van der Waals surface area contributed by atoms with Crippen molar-refractivity contribution in [2.75, 3.05) is 0 Å². The number of hydrogen-bond donors (Lipinski definition) is 1. The molecule has 1 nitrogen and oxygen atoms in total. The highest BCUT2D eigenvalue weighted by molar-refractivity contribution is 5.16. The van der Waals surface area contributed by atoms with Crippen LogP contribution in [0.25, 0.3) is 0 Å². The predicted octanol–water partition coefficient (Wildman–Crippen LogP) is 1.87. The van der Waals surface area contributed by atoms with Crippen molar-refractivity contribution in [2.45, 2.75) is 38.2 Å². The summed E-state index contributed by atoms with van der Waals surface area (Å²) in [6, 6.07) is 0. The summed E-state index contributed by atoms with van der Waals surface area (Å²) in [4.78, 5) is 0. The topological polar surface area (TPSA) is 20.2 Å². The molecule has 0 radical (unpaired) electrons. The maximum Gasteiger partial charge on any atom is 0.0721 e. The SMILES string of the molecule is C=C1CC(O)(CCC)C1. The van der Waals surface area contributed by atoms with Gasteiger partial charge in [-0.15, -0.1) is 0 Å². The van der Waals surface area contributed by atoms with Crippen LogP contribution in [0.4, 0.5) is 0 Å². The van der Waals surface area contributed by atoms with Gasteiger partial charge in [0.1, 0.15) is 0 Å². The van der Waals surface area contributed by atoms with E-state index < -0.39 is 0 Å². The molecular formula is C8H14O. The maximum absolute atomic E-state index is 9.52. The molecule has 1 aliphatic rings. The van der Waals surface area contributed by atoms with E-state index in [1.807, 2.05) is 0 Å². The van der Waals surface area contributed by atoms with Crippen LogP contribution in [0.1, 0.15) is 32.6 Å². The van der Waals surface area contributed by atoms with Gasteiger partial charge in [-0.25, -0.2) is 0 Å². The minimum atomic E-state index is -0.355. The molecule has 0 bridgehead atoms. The summed E-state index contributed by atoms with van der Waals surface area (Å²) in [6.45, 7) is 5.87. The first-order valence-electron chi connectivity index (χ1n) is 3.55.